The smallest absolute Gasteiger partial charge is 0.539 e. The number of carbonyl (C=O) groups is 1. The summed E-state index contributed by atoms with van der Waals surface area (Å²) in [6.07, 6.45) is 0. The second kappa shape index (κ2) is 4.86. The molecular formula is C7H6NO2RbS. The van der Waals surface area contributed by atoms with Gasteiger partial charge in [-0.2, -0.15) is 17.4 Å². The summed E-state index contributed by atoms with van der Waals surface area (Å²) in [7, 11) is 0. The van der Waals surface area contributed by atoms with Gasteiger partial charge >= 0.3 is 58.2 Å². The Morgan fingerprint density at radius 2 is 2.50 bits per heavy atom. The first kappa shape index (κ1) is 10.9. The molecule has 2 heterocycles. The Balaban J connectivity index is 0.000000720. The number of rotatable bonds is 0. The van der Waals surface area contributed by atoms with E-state index in [4.69, 9.17) is 4.74 Å². The van der Waals surface area contributed by atoms with E-state index in [9.17, 15) is 4.79 Å². The molecule has 1 aliphatic rings. The fraction of sp³-hybridized carbons (Fsp3) is 0.286. The molecule has 1 aromatic rings. The molecule has 1 N–H and O–H groups in total. The van der Waals surface area contributed by atoms with Crippen molar-refractivity contribution in [2.75, 3.05) is 13.2 Å². The van der Waals surface area contributed by atoms with Gasteiger partial charge in [-0.1, -0.05) is 10.9 Å². The minimum Gasteiger partial charge on any atom is -0.539 e. The van der Waals surface area contributed by atoms with Crippen LogP contribution in [0.5, 0.6) is 5.06 Å². The second-order valence-corrected chi connectivity index (χ2v) is 2.99. The molecule has 0 unspecified atom stereocenters. The van der Waals surface area contributed by atoms with Gasteiger partial charge in [0.25, 0.3) is 0 Å². The van der Waals surface area contributed by atoms with E-state index in [1.165, 1.54) is 11.3 Å². The van der Waals surface area contributed by atoms with E-state index in [1.807, 2.05) is 0 Å². The number of thiophene rings is 1. The van der Waals surface area contributed by atoms with Gasteiger partial charge in [-0.05, 0) is 0 Å². The van der Waals surface area contributed by atoms with Crippen LogP contribution < -0.4 is 68.2 Å². The van der Waals surface area contributed by atoms with Crippen molar-refractivity contribution in [2.24, 2.45) is 0 Å². The van der Waals surface area contributed by atoms with Crippen LogP contribution in [0.4, 0.5) is 0 Å². The zero-order valence-electron chi connectivity index (χ0n) is 6.72. The third kappa shape index (κ3) is 2.17. The van der Waals surface area contributed by atoms with Crippen LogP contribution in [0.3, 0.4) is 0 Å². The Labute approximate surface area is 123 Å². The molecule has 12 heavy (non-hydrogen) atoms. The number of fused-ring (bicyclic) bond motifs is 1. The Kier molecular flexibility index (Phi) is 4.39. The summed E-state index contributed by atoms with van der Waals surface area (Å²) in [6.45, 7) is 1.13. The molecule has 5 heteroatoms. The van der Waals surface area contributed by atoms with Gasteiger partial charge in [-0.3, -0.25) is 0 Å². The van der Waals surface area contributed by atoms with Gasteiger partial charge in [0.1, 0.15) is 5.91 Å². The minimum absolute atomic E-state index is 0. The Morgan fingerprint density at radius 1 is 1.67 bits per heavy atom. The van der Waals surface area contributed by atoms with Gasteiger partial charge in [0.05, 0.1) is 11.7 Å². The number of amides is 1. The molecule has 58 valence electrons. The maximum atomic E-state index is 11.2. The van der Waals surface area contributed by atoms with Gasteiger partial charge in [-0.25, -0.2) is 0 Å². The first-order chi connectivity index (χ1) is 5.38. The number of nitrogens with one attached hydrogen (secondary N) is 1. The fourth-order valence-corrected chi connectivity index (χ4v) is 1.63. The predicted octanol–water partition coefficient (Wildman–Crippen LogP) is -2.33. The van der Waals surface area contributed by atoms with Crippen LogP contribution in [0.2, 0.25) is 0 Å². The van der Waals surface area contributed by atoms with Crippen LogP contribution in [0.15, 0.2) is 5.38 Å². The quantitative estimate of drug-likeness (QED) is 0.527. The van der Waals surface area contributed by atoms with Crippen molar-refractivity contribution in [2.45, 2.75) is 0 Å². The number of carbonyl (C=O) groups excluding carboxylic acids is 1. The Hall–Kier alpha value is 0.775. The zero-order valence-corrected chi connectivity index (χ0v) is 12.4. The molecule has 1 aliphatic heterocycles. The molecule has 0 fully saturated rings. The predicted molar refractivity (Wildman–Crippen MR) is 41.0 cm³/mol. The fourth-order valence-electron chi connectivity index (χ4n) is 0.921. The van der Waals surface area contributed by atoms with Crippen LogP contribution in [-0.4, -0.2) is 19.1 Å². The Morgan fingerprint density at radius 3 is 3.33 bits per heavy atom. The first-order valence-electron chi connectivity index (χ1n) is 3.28. The van der Waals surface area contributed by atoms with Crippen molar-refractivity contribution in [3.8, 4) is 5.06 Å². The van der Waals surface area contributed by atoms with Crippen LogP contribution in [0, 0.1) is 6.07 Å². The molecule has 1 amide bonds. The molecule has 0 radical (unpaired) electrons. The van der Waals surface area contributed by atoms with Crippen molar-refractivity contribution in [3.05, 3.63) is 17.0 Å². The SMILES string of the molecule is O=C1NCCOc2sc[c-]c21.[Rb+]. The molecule has 0 saturated carbocycles. The standard InChI is InChI=1S/C7H6NO2S.Rb/c9-6-5-1-4-11-7(5)10-3-2-8-6;/h4H,2-3H2,(H,8,9);/q-1;+1. The largest absolute Gasteiger partial charge is 1.00 e. The van der Waals surface area contributed by atoms with E-state index in [0.717, 1.165) is 0 Å². The van der Waals surface area contributed by atoms with Crippen LogP contribution in [0.25, 0.3) is 0 Å². The van der Waals surface area contributed by atoms with Crippen molar-refractivity contribution in [1.29, 1.82) is 0 Å². The topological polar surface area (TPSA) is 38.3 Å². The molecule has 1 aromatic heterocycles. The summed E-state index contributed by atoms with van der Waals surface area (Å²) < 4.78 is 5.26. The van der Waals surface area contributed by atoms with E-state index in [2.05, 4.69) is 11.4 Å². The van der Waals surface area contributed by atoms with E-state index in [0.29, 0.717) is 23.8 Å². The number of hydrogen-bond acceptors (Lipinski definition) is 3. The number of ether oxygens (including phenoxy) is 1. The molecule has 3 nitrogen and oxygen atoms in total. The van der Waals surface area contributed by atoms with Gasteiger partial charge < -0.3 is 14.8 Å². The van der Waals surface area contributed by atoms with E-state index >= 15 is 0 Å². The third-order valence-electron chi connectivity index (χ3n) is 1.42. The summed E-state index contributed by atoms with van der Waals surface area (Å²) in [5, 5.41) is 5.11. The zero-order chi connectivity index (χ0) is 7.68. The van der Waals surface area contributed by atoms with Crippen molar-refractivity contribution < 1.29 is 67.7 Å². The van der Waals surface area contributed by atoms with Crippen LogP contribution in [-0.2, 0) is 0 Å². The minimum atomic E-state index is -0.0845. The molecule has 0 aliphatic carbocycles. The van der Waals surface area contributed by atoms with E-state index in [1.54, 1.807) is 5.38 Å². The summed E-state index contributed by atoms with van der Waals surface area (Å²) in [4.78, 5) is 11.2. The maximum absolute atomic E-state index is 11.2. The van der Waals surface area contributed by atoms with Gasteiger partial charge in [0.2, 0.25) is 0 Å². The first-order valence-corrected chi connectivity index (χ1v) is 4.16. The molecule has 2 rings (SSSR count). The van der Waals surface area contributed by atoms with Crippen LogP contribution in [0.1, 0.15) is 10.4 Å². The average Bonchev–Trinajstić information content (AvgIpc) is 2.40. The van der Waals surface area contributed by atoms with Crippen molar-refractivity contribution in [3.63, 3.8) is 0 Å². The number of hydrogen-bond donors (Lipinski definition) is 1. The molecule has 0 atom stereocenters. The molecule has 0 saturated heterocycles. The Bertz CT molecular complexity index is 287. The van der Waals surface area contributed by atoms with Gasteiger partial charge in [0, 0.05) is 6.54 Å². The molecule has 0 aromatic carbocycles. The molecular weight excluding hydrogens is 248 g/mol. The summed E-state index contributed by atoms with van der Waals surface area (Å²) in [5.41, 5.74) is 0.535. The summed E-state index contributed by atoms with van der Waals surface area (Å²) in [5.74, 6) is -0.0845. The summed E-state index contributed by atoms with van der Waals surface area (Å²) in [6, 6.07) is 2.83. The van der Waals surface area contributed by atoms with E-state index in [-0.39, 0.29) is 64.1 Å². The second-order valence-electron chi connectivity index (χ2n) is 2.15. The van der Waals surface area contributed by atoms with Gasteiger partial charge in [-0.15, -0.1) is 0 Å². The third-order valence-corrected chi connectivity index (χ3v) is 2.19. The molecule has 0 bridgehead atoms. The average molecular weight is 254 g/mol. The molecule has 0 spiro atoms. The van der Waals surface area contributed by atoms with Crippen LogP contribution >= 0.6 is 11.3 Å². The maximum Gasteiger partial charge on any atom is 1.00 e. The van der Waals surface area contributed by atoms with Gasteiger partial charge in [0.15, 0.2) is 0 Å². The van der Waals surface area contributed by atoms with Crippen molar-refractivity contribution in [1.82, 2.24) is 5.32 Å². The monoisotopic (exact) mass is 253 g/mol. The van der Waals surface area contributed by atoms with E-state index < -0.39 is 0 Å². The summed E-state index contributed by atoms with van der Waals surface area (Å²) >= 11 is 1.40. The van der Waals surface area contributed by atoms with Crippen molar-refractivity contribution >= 4 is 17.2 Å². The normalized spacial score (nSPS) is 14.8.